The molecule has 3 aliphatic heterocycles. The van der Waals surface area contributed by atoms with Crippen LogP contribution in [-0.4, -0.2) is 71.7 Å². The monoisotopic (exact) mass is 403 g/mol. The Balaban J connectivity index is 1.47. The number of thioether (sulfide) groups is 1. The van der Waals surface area contributed by atoms with Gasteiger partial charge in [-0.3, -0.25) is 25.1 Å². The Bertz CT molecular complexity index is 819. The van der Waals surface area contributed by atoms with Crippen LogP contribution in [0.15, 0.2) is 24.3 Å². The van der Waals surface area contributed by atoms with Gasteiger partial charge in [-0.1, -0.05) is 18.2 Å². The fourth-order valence-electron chi connectivity index (χ4n) is 4.20. The summed E-state index contributed by atoms with van der Waals surface area (Å²) in [6, 6.07) is 7.65. The Kier molecular flexibility index (Phi) is 5.07. The number of hydrogen-bond donors (Lipinski definition) is 2. The summed E-state index contributed by atoms with van der Waals surface area (Å²) in [6.45, 7) is 2.64. The predicted molar refractivity (Wildman–Crippen MR) is 108 cm³/mol. The van der Waals surface area contributed by atoms with E-state index < -0.39 is 5.92 Å². The summed E-state index contributed by atoms with van der Waals surface area (Å²) in [4.78, 5) is 42.5. The maximum Gasteiger partial charge on any atom is 0.327 e. The molecule has 2 saturated heterocycles. The molecule has 3 aliphatic rings. The molecule has 28 heavy (non-hydrogen) atoms. The highest BCUT2D eigenvalue weighted by Gasteiger charge is 2.50. The lowest BCUT2D eigenvalue weighted by atomic mass is 9.97. The van der Waals surface area contributed by atoms with Crippen molar-refractivity contribution in [2.24, 2.45) is 5.92 Å². The number of anilines is 1. The molecule has 0 spiro atoms. The van der Waals surface area contributed by atoms with Crippen LogP contribution in [0.1, 0.15) is 12.5 Å². The molecule has 0 aliphatic carbocycles. The van der Waals surface area contributed by atoms with Crippen LogP contribution >= 0.6 is 11.8 Å². The minimum Gasteiger partial charge on any atom is -0.311 e. The lowest BCUT2D eigenvalue weighted by Crippen LogP contribution is -2.73. The Morgan fingerprint density at radius 2 is 1.96 bits per heavy atom. The Labute approximate surface area is 168 Å². The van der Waals surface area contributed by atoms with Gasteiger partial charge in [0.15, 0.2) is 0 Å². The summed E-state index contributed by atoms with van der Waals surface area (Å²) >= 11 is 1.44. The maximum atomic E-state index is 12.9. The van der Waals surface area contributed by atoms with Crippen LogP contribution in [0.5, 0.6) is 0 Å². The van der Waals surface area contributed by atoms with Crippen LogP contribution < -0.4 is 15.5 Å². The highest BCUT2D eigenvalue weighted by Crippen LogP contribution is 2.33. The number of fused-ring (bicyclic) bond motifs is 2. The number of benzene rings is 1. The van der Waals surface area contributed by atoms with E-state index in [0.29, 0.717) is 6.54 Å². The van der Waals surface area contributed by atoms with Crippen LogP contribution in [0.4, 0.5) is 10.5 Å². The van der Waals surface area contributed by atoms with E-state index in [1.165, 1.54) is 24.4 Å². The number of para-hydroxylation sites is 1. The molecular formula is C19H25N5O3S. The van der Waals surface area contributed by atoms with E-state index in [1.54, 1.807) is 11.9 Å². The largest absolute Gasteiger partial charge is 0.327 e. The fourth-order valence-corrected chi connectivity index (χ4v) is 5.45. The van der Waals surface area contributed by atoms with Gasteiger partial charge in [0.1, 0.15) is 0 Å². The van der Waals surface area contributed by atoms with Crippen LogP contribution in [0, 0.1) is 5.92 Å². The summed E-state index contributed by atoms with van der Waals surface area (Å²) in [7, 11) is 3.20. The van der Waals surface area contributed by atoms with Gasteiger partial charge < -0.3 is 9.80 Å². The summed E-state index contributed by atoms with van der Waals surface area (Å²) in [5, 5.41) is 6.38. The van der Waals surface area contributed by atoms with Crippen molar-refractivity contribution in [3.8, 4) is 0 Å². The maximum absolute atomic E-state index is 12.9. The summed E-state index contributed by atoms with van der Waals surface area (Å²) in [6.07, 6.45) is 0.413. The minimum absolute atomic E-state index is 0.0422. The first-order chi connectivity index (χ1) is 13.4. The van der Waals surface area contributed by atoms with Crippen molar-refractivity contribution < 1.29 is 14.4 Å². The molecule has 0 radical (unpaired) electrons. The molecule has 4 rings (SSSR count). The lowest BCUT2D eigenvalue weighted by molar-refractivity contribution is -0.140. The number of hydrogen-bond acceptors (Lipinski definition) is 6. The summed E-state index contributed by atoms with van der Waals surface area (Å²) in [5.41, 5.74) is 2.18. The first kappa shape index (κ1) is 19.2. The first-order valence-electron chi connectivity index (χ1n) is 9.45. The molecule has 1 aromatic rings. The molecule has 9 heteroatoms. The molecule has 4 amide bonds. The number of nitrogens with one attached hydrogen (secondary N) is 2. The number of rotatable bonds is 3. The van der Waals surface area contributed by atoms with Crippen molar-refractivity contribution >= 4 is 35.3 Å². The Morgan fingerprint density at radius 1 is 1.21 bits per heavy atom. The van der Waals surface area contributed by atoms with Gasteiger partial charge in [-0.05, 0) is 25.0 Å². The average Bonchev–Trinajstić information content (AvgIpc) is 3.12. The second-order valence-corrected chi connectivity index (χ2v) is 8.60. The number of imide groups is 1. The van der Waals surface area contributed by atoms with Crippen LogP contribution in [-0.2, 0) is 16.0 Å². The molecular weight excluding hydrogens is 378 g/mol. The minimum atomic E-state index is -0.451. The molecule has 2 fully saturated rings. The van der Waals surface area contributed by atoms with Gasteiger partial charge in [-0.15, -0.1) is 11.8 Å². The van der Waals surface area contributed by atoms with Gasteiger partial charge in [-0.25, -0.2) is 4.79 Å². The van der Waals surface area contributed by atoms with Crippen molar-refractivity contribution in [3.63, 3.8) is 0 Å². The smallest absolute Gasteiger partial charge is 0.311 e. The quantitative estimate of drug-likeness (QED) is 0.771. The molecule has 0 aromatic heterocycles. The van der Waals surface area contributed by atoms with Gasteiger partial charge >= 0.3 is 6.03 Å². The zero-order valence-electron chi connectivity index (χ0n) is 16.2. The van der Waals surface area contributed by atoms with Gasteiger partial charge in [0.2, 0.25) is 11.8 Å². The van der Waals surface area contributed by atoms with E-state index in [4.69, 9.17) is 0 Å². The average molecular weight is 404 g/mol. The normalized spacial score (nSPS) is 29.8. The predicted octanol–water partition coefficient (Wildman–Crippen LogP) is 0.640. The molecule has 0 bridgehead atoms. The van der Waals surface area contributed by atoms with Crippen molar-refractivity contribution in [2.75, 3.05) is 31.3 Å². The van der Waals surface area contributed by atoms with E-state index in [1.807, 2.05) is 30.0 Å². The number of carbonyl (C=O) groups excluding carboxylic acids is 3. The van der Waals surface area contributed by atoms with Crippen molar-refractivity contribution in [1.82, 2.24) is 20.4 Å². The standard InChI is InChI=1S/C19H25N5O3S/c1-11-20-16-15(18(26)23(3)19(27)22(16)2)17(21-11)28-10-14(25)24-9-8-12-6-4-5-7-13(12)24/h4-7,11,15-17,20-21H,8-10H2,1-3H3. The topological polar surface area (TPSA) is 85.0 Å². The molecule has 8 nitrogen and oxygen atoms in total. The molecule has 2 N–H and O–H groups in total. The third-order valence-corrected chi connectivity index (χ3v) is 6.90. The molecule has 4 unspecified atom stereocenters. The summed E-state index contributed by atoms with van der Waals surface area (Å²) < 4.78 is 0. The van der Waals surface area contributed by atoms with E-state index in [2.05, 4.69) is 16.7 Å². The van der Waals surface area contributed by atoms with E-state index in [-0.39, 0.29) is 41.3 Å². The van der Waals surface area contributed by atoms with Crippen LogP contribution in [0.3, 0.4) is 0 Å². The van der Waals surface area contributed by atoms with Crippen molar-refractivity contribution in [2.45, 2.75) is 31.0 Å². The van der Waals surface area contributed by atoms with E-state index in [9.17, 15) is 14.4 Å². The SMILES string of the molecule is CC1NC(SCC(=O)N2CCc3ccccc32)C2C(=O)N(C)C(=O)N(C)C2N1. The van der Waals surface area contributed by atoms with Crippen molar-refractivity contribution in [3.05, 3.63) is 29.8 Å². The Hall–Kier alpha value is -2.10. The highest BCUT2D eigenvalue weighted by molar-refractivity contribution is 8.00. The second kappa shape index (κ2) is 7.38. The molecule has 0 saturated carbocycles. The van der Waals surface area contributed by atoms with Gasteiger partial charge in [0.05, 0.1) is 29.4 Å². The van der Waals surface area contributed by atoms with Gasteiger partial charge in [0, 0.05) is 26.3 Å². The van der Waals surface area contributed by atoms with Gasteiger partial charge in [0.25, 0.3) is 0 Å². The fraction of sp³-hybridized carbons (Fsp3) is 0.526. The van der Waals surface area contributed by atoms with Crippen LogP contribution in [0.2, 0.25) is 0 Å². The van der Waals surface area contributed by atoms with E-state index in [0.717, 1.165) is 17.0 Å². The van der Waals surface area contributed by atoms with Crippen molar-refractivity contribution in [1.29, 1.82) is 0 Å². The lowest BCUT2D eigenvalue weighted by Gasteiger charge is -2.49. The van der Waals surface area contributed by atoms with E-state index >= 15 is 0 Å². The highest BCUT2D eigenvalue weighted by atomic mass is 32.2. The number of urea groups is 1. The number of amides is 4. The first-order valence-corrected chi connectivity index (χ1v) is 10.5. The zero-order valence-corrected chi connectivity index (χ0v) is 17.0. The summed E-state index contributed by atoms with van der Waals surface area (Å²) in [5.74, 6) is -0.360. The molecule has 1 aromatic carbocycles. The molecule has 150 valence electrons. The second-order valence-electron chi connectivity index (χ2n) is 7.47. The molecule has 3 heterocycles. The third kappa shape index (κ3) is 3.17. The Morgan fingerprint density at radius 3 is 2.75 bits per heavy atom. The molecule has 4 atom stereocenters. The zero-order chi connectivity index (χ0) is 20.0. The number of nitrogens with zero attached hydrogens (tertiary/aromatic N) is 3. The van der Waals surface area contributed by atoms with Gasteiger partial charge in [-0.2, -0.15) is 0 Å². The van der Waals surface area contributed by atoms with Crippen LogP contribution in [0.25, 0.3) is 0 Å². The number of carbonyl (C=O) groups is 3. The third-order valence-electron chi connectivity index (χ3n) is 5.70.